The van der Waals surface area contributed by atoms with Crippen LogP contribution in [0.2, 0.25) is 0 Å². The maximum Gasteiger partial charge on any atom is 0.393 e. The number of halogens is 3. The monoisotopic (exact) mass is 250 g/mol. The van der Waals surface area contributed by atoms with Crippen LogP contribution < -0.4 is 5.32 Å². The van der Waals surface area contributed by atoms with Gasteiger partial charge in [0.2, 0.25) is 0 Å². The molecule has 2 fully saturated rings. The van der Waals surface area contributed by atoms with Crippen molar-refractivity contribution in [2.24, 2.45) is 17.8 Å². The number of alkyl halides is 3. The Bertz CT molecular complexity index is 253. The van der Waals surface area contributed by atoms with Gasteiger partial charge in [-0.3, -0.25) is 0 Å². The third-order valence-corrected chi connectivity index (χ3v) is 4.14. The molecule has 2 aliphatic heterocycles. The van der Waals surface area contributed by atoms with Gasteiger partial charge in [0.25, 0.3) is 0 Å². The maximum atomic E-state index is 12.7. The van der Waals surface area contributed by atoms with Crippen LogP contribution in [-0.4, -0.2) is 43.8 Å². The Morgan fingerprint density at radius 2 is 2.06 bits per heavy atom. The van der Waals surface area contributed by atoms with Gasteiger partial charge >= 0.3 is 6.18 Å². The summed E-state index contributed by atoms with van der Waals surface area (Å²) in [6.07, 6.45) is -3.03. The SMILES string of the molecule is C[C@@H]1CNC[C@H]1CN1CCCC(C(F)(F)F)C1. The Balaban J connectivity index is 1.85. The van der Waals surface area contributed by atoms with Gasteiger partial charge in [0.05, 0.1) is 5.92 Å². The fraction of sp³-hybridized carbons (Fsp3) is 1.00. The lowest BCUT2D eigenvalue weighted by Gasteiger charge is -2.35. The second-order valence-electron chi connectivity index (χ2n) is 5.54. The molecule has 0 spiro atoms. The first-order valence-electron chi connectivity index (χ1n) is 6.46. The van der Waals surface area contributed by atoms with Crippen LogP contribution in [0.1, 0.15) is 19.8 Å². The molecule has 2 aliphatic rings. The third kappa shape index (κ3) is 3.35. The summed E-state index contributed by atoms with van der Waals surface area (Å²) < 4.78 is 38.0. The molecule has 5 heteroatoms. The van der Waals surface area contributed by atoms with E-state index in [1.807, 2.05) is 4.90 Å². The summed E-state index contributed by atoms with van der Waals surface area (Å²) in [5.74, 6) is -0.0100. The van der Waals surface area contributed by atoms with Crippen LogP contribution in [0.4, 0.5) is 13.2 Å². The van der Waals surface area contributed by atoms with Crippen LogP contribution in [0, 0.1) is 17.8 Å². The predicted octanol–water partition coefficient (Wildman–Crippen LogP) is 2.12. The fourth-order valence-corrected chi connectivity index (χ4v) is 2.93. The molecule has 0 bridgehead atoms. The van der Waals surface area contributed by atoms with Gasteiger partial charge in [-0.25, -0.2) is 0 Å². The van der Waals surface area contributed by atoms with E-state index in [1.54, 1.807) is 0 Å². The number of piperidine rings is 1. The molecule has 3 atom stereocenters. The molecule has 2 saturated heterocycles. The van der Waals surface area contributed by atoms with Crippen LogP contribution in [0.15, 0.2) is 0 Å². The normalized spacial score (nSPS) is 36.4. The first-order valence-corrected chi connectivity index (χ1v) is 6.46. The van der Waals surface area contributed by atoms with E-state index in [0.29, 0.717) is 24.7 Å². The topological polar surface area (TPSA) is 15.3 Å². The van der Waals surface area contributed by atoms with Crippen LogP contribution in [-0.2, 0) is 0 Å². The molecule has 1 N–H and O–H groups in total. The number of hydrogen-bond donors (Lipinski definition) is 1. The molecule has 0 radical (unpaired) electrons. The van der Waals surface area contributed by atoms with E-state index in [4.69, 9.17) is 0 Å². The van der Waals surface area contributed by atoms with E-state index in [1.165, 1.54) is 0 Å². The highest BCUT2D eigenvalue weighted by atomic mass is 19.4. The Labute approximate surface area is 101 Å². The van der Waals surface area contributed by atoms with Crippen LogP contribution in [0.25, 0.3) is 0 Å². The van der Waals surface area contributed by atoms with Gasteiger partial charge in [-0.2, -0.15) is 13.2 Å². The average Bonchev–Trinajstić information content (AvgIpc) is 2.64. The number of rotatable bonds is 2. The van der Waals surface area contributed by atoms with Crippen molar-refractivity contribution in [1.82, 2.24) is 10.2 Å². The Morgan fingerprint density at radius 3 is 2.65 bits per heavy atom. The zero-order valence-electron chi connectivity index (χ0n) is 10.3. The first-order chi connectivity index (χ1) is 7.97. The number of nitrogens with zero attached hydrogens (tertiary/aromatic N) is 1. The number of nitrogens with one attached hydrogen (secondary N) is 1. The fourth-order valence-electron chi connectivity index (χ4n) is 2.93. The average molecular weight is 250 g/mol. The summed E-state index contributed by atoms with van der Waals surface area (Å²) in [7, 11) is 0. The number of hydrogen-bond acceptors (Lipinski definition) is 2. The Kier molecular flexibility index (Phi) is 3.98. The molecule has 2 heterocycles. The van der Waals surface area contributed by atoms with E-state index < -0.39 is 12.1 Å². The maximum absolute atomic E-state index is 12.7. The summed E-state index contributed by atoms with van der Waals surface area (Å²) in [4.78, 5) is 2.01. The second-order valence-corrected chi connectivity index (χ2v) is 5.54. The largest absolute Gasteiger partial charge is 0.393 e. The summed E-state index contributed by atoms with van der Waals surface area (Å²) in [6, 6.07) is 0. The molecule has 2 rings (SSSR count). The quantitative estimate of drug-likeness (QED) is 0.807. The van der Waals surface area contributed by atoms with E-state index in [2.05, 4.69) is 12.2 Å². The van der Waals surface area contributed by atoms with Crippen molar-refractivity contribution in [1.29, 1.82) is 0 Å². The van der Waals surface area contributed by atoms with Gasteiger partial charge in [-0.05, 0) is 44.3 Å². The minimum atomic E-state index is -4.02. The van der Waals surface area contributed by atoms with Gasteiger partial charge in [0.1, 0.15) is 0 Å². The van der Waals surface area contributed by atoms with Crippen LogP contribution in [0.5, 0.6) is 0 Å². The first kappa shape index (κ1) is 13.1. The van der Waals surface area contributed by atoms with E-state index in [9.17, 15) is 13.2 Å². The molecule has 0 aliphatic carbocycles. The zero-order chi connectivity index (χ0) is 12.5. The van der Waals surface area contributed by atoms with Crippen molar-refractivity contribution < 1.29 is 13.2 Å². The van der Waals surface area contributed by atoms with Crippen LogP contribution >= 0.6 is 0 Å². The molecule has 0 aromatic heterocycles. The molecule has 0 amide bonds. The van der Waals surface area contributed by atoms with Gasteiger partial charge in [0.15, 0.2) is 0 Å². The minimum Gasteiger partial charge on any atom is -0.316 e. The number of likely N-dealkylation sites (tertiary alicyclic amines) is 1. The zero-order valence-corrected chi connectivity index (χ0v) is 10.3. The molecular formula is C12H21F3N2. The van der Waals surface area contributed by atoms with E-state index in [0.717, 1.165) is 26.2 Å². The lowest BCUT2D eigenvalue weighted by Crippen LogP contribution is -2.44. The van der Waals surface area contributed by atoms with Gasteiger partial charge < -0.3 is 10.2 Å². The molecule has 1 unspecified atom stereocenters. The van der Waals surface area contributed by atoms with Gasteiger partial charge in [0, 0.05) is 13.1 Å². The van der Waals surface area contributed by atoms with E-state index >= 15 is 0 Å². The Hall–Kier alpha value is -0.290. The molecular weight excluding hydrogens is 229 g/mol. The van der Waals surface area contributed by atoms with Crippen molar-refractivity contribution in [2.45, 2.75) is 25.9 Å². The van der Waals surface area contributed by atoms with E-state index in [-0.39, 0.29) is 6.54 Å². The lowest BCUT2D eigenvalue weighted by molar-refractivity contribution is -0.187. The van der Waals surface area contributed by atoms with Gasteiger partial charge in [-0.15, -0.1) is 0 Å². The highest BCUT2D eigenvalue weighted by Gasteiger charge is 2.42. The van der Waals surface area contributed by atoms with Crippen molar-refractivity contribution in [3.63, 3.8) is 0 Å². The van der Waals surface area contributed by atoms with Crippen LogP contribution in [0.3, 0.4) is 0 Å². The molecule has 0 aromatic rings. The summed E-state index contributed by atoms with van der Waals surface area (Å²) in [5, 5.41) is 3.30. The summed E-state index contributed by atoms with van der Waals surface area (Å²) in [5.41, 5.74) is 0. The van der Waals surface area contributed by atoms with Crippen molar-refractivity contribution in [3.05, 3.63) is 0 Å². The second kappa shape index (κ2) is 5.14. The molecule has 0 saturated carbocycles. The highest BCUT2D eigenvalue weighted by Crippen LogP contribution is 2.33. The van der Waals surface area contributed by atoms with Crippen molar-refractivity contribution >= 4 is 0 Å². The molecule has 0 aromatic carbocycles. The predicted molar refractivity (Wildman–Crippen MR) is 60.7 cm³/mol. The minimum absolute atomic E-state index is 0.201. The standard InChI is InChI=1S/C12H21F3N2/c1-9-5-16-6-10(9)7-17-4-2-3-11(8-17)12(13,14)15/h9-11,16H,2-8H2,1H3/t9-,10+,11?/m1/s1. The lowest BCUT2D eigenvalue weighted by atomic mass is 9.93. The molecule has 100 valence electrons. The van der Waals surface area contributed by atoms with Crippen molar-refractivity contribution in [3.8, 4) is 0 Å². The molecule has 2 nitrogen and oxygen atoms in total. The van der Waals surface area contributed by atoms with Crippen molar-refractivity contribution in [2.75, 3.05) is 32.7 Å². The Morgan fingerprint density at radius 1 is 1.29 bits per heavy atom. The molecule has 17 heavy (non-hydrogen) atoms. The third-order valence-electron chi connectivity index (χ3n) is 4.14. The van der Waals surface area contributed by atoms with Gasteiger partial charge in [-0.1, -0.05) is 6.92 Å². The summed E-state index contributed by atoms with van der Waals surface area (Å²) >= 11 is 0. The smallest absolute Gasteiger partial charge is 0.316 e. The highest BCUT2D eigenvalue weighted by molar-refractivity contribution is 4.84. The summed E-state index contributed by atoms with van der Waals surface area (Å²) in [6.45, 7) is 5.98.